The minimum absolute atomic E-state index is 0.00167. The third-order valence-electron chi connectivity index (χ3n) is 7.30. The number of amides is 1. The van der Waals surface area contributed by atoms with Gasteiger partial charge in [0.15, 0.2) is 5.78 Å². The molecule has 0 N–H and O–H groups in total. The van der Waals surface area contributed by atoms with Crippen LogP contribution < -0.4 is 0 Å². The molecule has 172 valence electrons. The van der Waals surface area contributed by atoms with E-state index in [0.29, 0.717) is 17.7 Å². The Morgan fingerprint density at radius 3 is 2.38 bits per heavy atom. The topological polar surface area (TPSA) is 37.4 Å². The van der Waals surface area contributed by atoms with Gasteiger partial charge < -0.3 is 4.90 Å². The van der Waals surface area contributed by atoms with Crippen molar-refractivity contribution in [2.75, 3.05) is 0 Å². The predicted octanol–water partition coefficient (Wildman–Crippen LogP) is 6.61. The monoisotopic (exact) mass is 453 g/mol. The van der Waals surface area contributed by atoms with Crippen LogP contribution in [-0.4, -0.2) is 16.6 Å². The van der Waals surface area contributed by atoms with Gasteiger partial charge in [-0.05, 0) is 42.0 Å². The molecule has 0 saturated carbocycles. The van der Waals surface area contributed by atoms with Gasteiger partial charge in [0.05, 0.1) is 6.04 Å². The molecule has 1 amide bonds. The molecule has 0 bridgehead atoms. The summed E-state index contributed by atoms with van der Waals surface area (Å²) in [5.74, 6) is -0.142. The Balaban J connectivity index is 1.52. The number of likely N-dealkylation sites (tertiary alicyclic amines) is 1. The van der Waals surface area contributed by atoms with E-state index in [4.69, 9.17) is 0 Å². The number of halogens is 1. The number of benzene rings is 3. The first kappa shape index (κ1) is 22.3. The Kier molecular flexibility index (Phi) is 5.91. The Labute approximate surface area is 199 Å². The Morgan fingerprint density at radius 1 is 1.00 bits per heavy atom. The highest BCUT2D eigenvalue weighted by atomic mass is 19.1. The van der Waals surface area contributed by atoms with Crippen molar-refractivity contribution in [2.45, 2.75) is 32.9 Å². The van der Waals surface area contributed by atoms with Gasteiger partial charge in [0, 0.05) is 29.5 Å². The summed E-state index contributed by atoms with van der Waals surface area (Å²) in [6, 6.07) is 22.1. The fourth-order valence-electron chi connectivity index (χ4n) is 5.52. The maximum atomic E-state index is 15.7. The van der Waals surface area contributed by atoms with Crippen LogP contribution in [0.4, 0.5) is 4.39 Å². The van der Waals surface area contributed by atoms with Gasteiger partial charge in [0.1, 0.15) is 5.82 Å². The van der Waals surface area contributed by atoms with E-state index < -0.39 is 0 Å². The summed E-state index contributed by atoms with van der Waals surface area (Å²) < 4.78 is 15.7. The lowest BCUT2D eigenvalue weighted by molar-refractivity contribution is -0.134. The number of ketones is 1. The fraction of sp³-hybridized carbons (Fsp3) is 0.267. The maximum Gasteiger partial charge on any atom is 0.227 e. The molecule has 34 heavy (non-hydrogen) atoms. The van der Waals surface area contributed by atoms with Gasteiger partial charge in [-0.15, -0.1) is 0 Å². The highest BCUT2D eigenvalue weighted by Gasteiger charge is 2.50. The Bertz CT molecular complexity index is 1250. The van der Waals surface area contributed by atoms with E-state index in [1.165, 1.54) is 6.92 Å². The second-order valence-corrected chi connectivity index (χ2v) is 9.51. The zero-order chi connectivity index (χ0) is 23.8. The second kappa shape index (κ2) is 9.02. The average molecular weight is 454 g/mol. The largest absolute Gasteiger partial charge is 0.330 e. The zero-order valence-corrected chi connectivity index (χ0v) is 19.4. The molecule has 4 heteroatoms. The highest BCUT2D eigenvalue weighted by molar-refractivity contribution is 5.94. The van der Waals surface area contributed by atoms with Crippen LogP contribution in [0.1, 0.15) is 47.8 Å². The molecule has 0 spiro atoms. The first-order valence-corrected chi connectivity index (χ1v) is 11.9. The summed E-state index contributed by atoms with van der Waals surface area (Å²) in [4.78, 5) is 27.0. The molecule has 1 fully saturated rings. The first-order valence-electron chi connectivity index (χ1n) is 11.9. The lowest BCUT2D eigenvalue weighted by Crippen LogP contribution is -2.31. The van der Waals surface area contributed by atoms with Crippen LogP contribution in [0.5, 0.6) is 0 Å². The molecule has 0 aromatic heterocycles. The van der Waals surface area contributed by atoms with Crippen molar-refractivity contribution in [1.82, 2.24) is 4.90 Å². The number of hydrogen-bond donors (Lipinski definition) is 0. The van der Waals surface area contributed by atoms with Crippen LogP contribution in [0.3, 0.4) is 0 Å². The number of rotatable bonds is 5. The van der Waals surface area contributed by atoms with Crippen LogP contribution in [0, 0.1) is 23.6 Å². The van der Waals surface area contributed by atoms with Crippen molar-refractivity contribution in [3.8, 4) is 11.1 Å². The summed E-state index contributed by atoms with van der Waals surface area (Å²) in [6.45, 7) is 4.11. The summed E-state index contributed by atoms with van der Waals surface area (Å²) in [5, 5.41) is 0. The number of allylic oxidation sites excluding steroid dienone is 1. The summed E-state index contributed by atoms with van der Waals surface area (Å²) in [6.07, 6.45) is 5.13. The molecule has 0 unspecified atom stereocenters. The number of Topliss-reactive ketones (excluding diaryl/α,β-unsaturated/α-hetero) is 1. The van der Waals surface area contributed by atoms with Gasteiger partial charge in [-0.1, -0.05) is 85.8 Å². The van der Waals surface area contributed by atoms with Crippen LogP contribution in [0.25, 0.3) is 11.1 Å². The van der Waals surface area contributed by atoms with Crippen molar-refractivity contribution >= 4 is 11.7 Å². The molecule has 3 aromatic carbocycles. The SMILES string of the molecule is CC(=O)c1ccc(-c2ccc([C@H]3[C@@H]4C=CC[C@H](C)[C@H]4C(=O)N3Cc3ccccc3)c(F)c2)cc1. The van der Waals surface area contributed by atoms with E-state index in [-0.39, 0.29) is 41.3 Å². The standard InChI is InChI=1S/C30H28FNO2/c1-19-7-6-10-26-28(19)30(34)32(18-21-8-4-3-5-9-21)29(26)25-16-15-24(17-27(25)31)23-13-11-22(12-14-23)20(2)33/h3-6,8-17,19,26,28-29H,7,18H2,1-2H3/t19-,26+,28+,29-/m0/s1. The summed E-state index contributed by atoms with van der Waals surface area (Å²) in [5.41, 5.74) is 3.83. The molecule has 1 aliphatic heterocycles. The van der Waals surface area contributed by atoms with Gasteiger partial charge in [-0.3, -0.25) is 9.59 Å². The van der Waals surface area contributed by atoms with Crippen molar-refractivity contribution < 1.29 is 14.0 Å². The van der Waals surface area contributed by atoms with Crippen LogP contribution >= 0.6 is 0 Å². The minimum Gasteiger partial charge on any atom is -0.330 e. The first-order chi connectivity index (χ1) is 16.4. The van der Waals surface area contributed by atoms with Gasteiger partial charge in [-0.2, -0.15) is 0 Å². The zero-order valence-electron chi connectivity index (χ0n) is 19.4. The summed E-state index contributed by atoms with van der Waals surface area (Å²) >= 11 is 0. The van der Waals surface area contributed by atoms with Gasteiger partial charge >= 0.3 is 0 Å². The van der Waals surface area contributed by atoms with E-state index in [1.54, 1.807) is 18.2 Å². The molecule has 3 nitrogen and oxygen atoms in total. The number of hydrogen-bond acceptors (Lipinski definition) is 2. The third kappa shape index (κ3) is 3.98. The lowest BCUT2D eigenvalue weighted by atomic mass is 9.75. The smallest absolute Gasteiger partial charge is 0.227 e. The second-order valence-electron chi connectivity index (χ2n) is 9.51. The van der Waals surface area contributed by atoms with Crippen LogP contribution in [0.2, 0.25) is 0 Å². The molecule has 1 aliphatic carbocycles. The quantitative estimate of drug-likeness (QED) is 0.322. The van der Waals surface area contributed by atoms with Crippen LogP contribution in [-0.2, 0) is 11.3 Å². The van der Waals surface area contributed by atoms with E-state index >= 15 is 4.39 Å². The maximum absolute atomic E-state index is 15.7. The molecule has 5 rings (SSSR count). The van der Waals surface area contributed by atoms with E-state index in [9.17, 15) is 9.59 Å². The number of fused-ring (bicyclic) bond motifs is 1. The lowest BCUT2D eigenvalue weighted by Gasteiger charge is -2.30. The number of nitrogens with zero attached hydrogens (tertiary/aromatic N) is 1. The molecule has 1 heterocycles. The van der Waals surface area contributed by atoms with E-state index in [1.807, 2.05) is 59.5 Å². The molecular formula is C30H28FNO2. The molecule has 1 saturated heterocycles. The fourth-order valence-corrected chi connectivity index (χ4v) is 5.52. The van der Waals surface area contributed by atoms with E-state index in [0.717, 1.165) is 23.1 Å². The number of carbonyl (C=O) groups excluding carboxylic acids is 2. The van der Waals surface area contributed by atoms with Gasteiger partial charge in [0.2, 0.25) is 5.91 Å². The van der Waals surface area contributed by atoms with Gasteiger partial charge in [-0.25, -0.2) is 4.39 Å². The minimum atomic E-state index is -0.342. The predicted molar refractivity (Wildman–Crippen MR) is 131 cm³/mol. The van der Waals surface area contributed by atoms with Crippen molar-refractivity contribution in [3.05, 3.63) is 107 Å². The summed E-state index contributed by atoms with van der Waals surface area (Å²) in [7, 11) is 0. The van der Waals surface area contributed by atoms with Crippen molar-refractivity contribution in [1.29, 1.82) is 0 Å². The molecule has 3 aromatic rings. The van der Waals surface area contributed by atoms with E-state index in [2.05, 4.69) is 19.1 Å². The Morgan fingerprint density at radius 2 is 1.71 bits per heavy atom. The Hall–Kier alpha value is -3.53. The molecule has 0 radical (unpaired) electrons. The number of carbonyl (C=O) groups is 2. The molecule has 4 atom stereocenters. The highest BCUT2D eigenvalue weighted by Crippen LogP contribution is 2.49. The molecule has 2 aliphatic rings. The third-order valence-corrected chi connectivity index (χ3v) is 7.30. The average Bonchev–Trinajstić information content (AvgIpc) is 3.12. The van der Waals surface area contributed by atoms with Crippen LogP contribution in [0.15, 0.2) is 84.9 Å². The van der Waals surface area contributed by atoms with Crippen molar-refractivity contribution in [3.63, 3.8) is 0 Å². The molecular weight excluding hydrogens is 425 g/mol. The normalized spacial score (nSPS) is 23.7. The van der Waals surface area contributed by atoms with Crippen molar-refractivity contribution in [2.24, 2.45) is 17.8 Å². The van der Waals surface area contributed by atoms with Gasteiger partial charge in [0.25, 0.3) is 0 Å².